The number of ether oxygens (including phenoxy) is 2. The average molecular weight is 347 g/mol. The second kappa shape index (κ2) is 5.69. The summed E-state index contributed by atoms with van der Waals surface area (Å²) in [7, 11) is 0. The number of fused-ring (bicyclic) bond motifs is 7. The summed E-state index contributed by atoms with van der Waals surface area (Å²) in [6.45, 7) is 6.48. The fraction of sp³-hybridized carbons (Fsp3) is 0.952. The molecule has 1 N–H and O–H groups in total. The highest BCUT2D eigenvalue weighted by molar-refractivity contribution is 5.88. The van der Waals surface area contributed by atoms with Gasteiger partial charge in [0.15, 0.2) is 0 Å². The lowest BCUT2D eigenvalue weighted by Gasteiger charge is -2.60. The lowest BCUT2D eigenvalue weighted by atomic mass is 9.45. The highest BCUT2D eigenvalue weighted by atomic mass is 16.6. The maximum atomic E-state index is 9.80. The molecule has 0 bridgehead atoms. The summed E-state index contributed by atoms with van der Waals surface area (Å²) in [6.07, 6.45) is 10.5. The van der Waals surface area contributed by atoms with Crippen molar-refractivity contribution in [2.75, 3.05) is 13.2 Å². The molecule has 4 saturated carbocycles. The van der Waals surface area contributed by atoms with Crippen LogP contribution < -0.4 is 0 Å². The quantitative estimate of drug-likeness (QED) is 0.526. The summed E-state index contributed by atoms with van der Waals surface area (Å²) in [6, 6.07) is 0. The number of oxime groups is 1. The van der Waals surface area contributed by atoms with Crippen LogP contribution in [0.2, 0.25) is 0 Å². The molecule has 4 nitrogen and oxygen atoms in total. The Labute approximate surface area is 151 Å². The van der Waals surface area contributed by atoms with Gasteiger partial charge in [-0.15, -0.1) is 0 Å². The Morgan fingerprint density at radius 2 is 1.92 bits per heavy atom. The van der Waals surface area contributed by atoms with Gasteiger partial charge in [0, 0.05) is 5.92 Å². The van der Waals surface area contributed by atoms with E-state index >= 15 is 0 Å². The molecule has 0 aromatic carbocycles. The molecule has 0 radical (unpaired) electrons. The molecule has 5 aliphatic rings. The van der Waals surface area contributed by atoms with Crippen molar-refractivity contribution >= 4 is 5.71 Å². The van der Waals surface area contributed by atoms with E-state index in [1.807, 2.05) is 0 Å². The molecule has 1 saturated heterocycles. The molecule has 1 aliphatic heterocycles. The molecular weight excluding hydrogens is 314 g/mol. The van der Waals surface area contributed by atoms with Crippen molar-refractivity contribution in [3.63, 3.8) is 0 Å². The smallest absolute Gasteiger partial charge is 0.0874 e. The van der Waals surface area contributed by atoms with Crippen LogP contribution in [0.15, 0.2) is 5.16 Å². The van der Waals surface area contributed by atoms with Crippen molar-refractivity contribution in [1.29, 1.82) is 0 Å². The minimum atomic E-state index is 0.259. The zero-order valence-corrected chi connectivity index (χ0v) is 15.7. The number of hydrogen-bond acceptors (Lipinski definition) is 4. The summed E-state index contributed by atoms with van der Waals surface area (Å²) in [5.74, 6) is 2.41. The molecule has 140 valence electrons. The van der Waals surface area contributed by atoms with Crippen molar-refractivity contribution in [1.82, 2.24) is 0 Å². The Morgan fingerprint density at radius 3 is 2.76 bits per heavy atom. The first kappa shape index (κ1) is 16.6. The third-order valence-corrected chi connectivity index (χ3v) is 9.00. The van der Waals surface area contributed by atoms with E-state index in [0.717, 1.165) is 37.7 Å². The van der Waals surface area contributed by atoms with E-state index in [2.05, 4.69) is 19.0 Å². The topological polar surface area (TPSA) is 51.1 Å². The van der Waals surface area contributed by atoms with Crippen LogP contribution in [0, 0.1) is 34.5 Å². The third-order valence-electron chi connectivity index (χ3n) is 9.00. The van der Waals surface area contributed by atoms with E-state index in [9.17, 15) is 5.21 Å². The van der Waals surface area contributed by atoms with Gasteiger partial charge < -0.3 is 14.7 Å². The van der Waals surface area contributed by atoms with Crippen LogP contribution in [0.1, 0.15) is 65.2 Å². The van der Waals surface area contributed by atoms with Gasteiger partial charge in [-0.1, -0.05) is 31.8 Å². The Bertz CT molecular complexity index is 577. The van der Waals surface area contributed by atoms with Gasteiger partial charge in [-0.25, -0.2) is 0 Å². The van der Waals surface area contributed by atoms with Crippen molar-refractivity contribution < 1.29 is 14.7 Å². The lowest BCUT2D eigenvalue weighted by Crippen LogP contribution is -2.57. The van der Waals surface area contributed by atoms with Crippen molar-refractivity contribution in [2.24, 2.45) is 39.7 Å². The van der Waals surface area contributed by atoms with Gasteiger partial charge in [0.1, 0.15) is 0 Å². The normalized spacial score (nSPS) is 56.6. The van der Waals surface area contributed by atoms with Crippen LogP contribution >= 0.6 is 0 Å². The maximum Gasteiger partial charge on any atom is 0.0874 e. The Morgan fingerprint density at radius 1 is 1.08 bits per heavy atom. The Balaban J connectivity index is 1.54. The number of rotatable bonds is 0. The van der Waals surface area contributed by atoms with Gasteiger partial charge in [0.2, 0.25) is 0 Å². The van der Waals surface area contributed by atoms with Crippen LogP contribution in [0.3, 0.4) is 0 Å². The molecule has 4 heteroatoms. The predicted octanol–water partition coefficient (Wildman–Crippen LogP) is 4.25. The zero-order chi connectivity index (χ0) is 17.2. The first-order valence-corrected chi connectivity index (χ1v) is 10.5. The van der Waals surface area contributed by atoms with Crippen molar-refractivity contribution in [3.8, 4) is 0 Å². The number of hydrogen-bond donors (Lipinski definition) is 1. The molecule has 2 unspecified atom stereocenters. The van der Waals surface area contributed by atoms with Gasteiger partial charge in [-0.3, -0.25) is 0 Å². The first-order chi connectivity index (χ1) is 12.1. The van der Waals surface area contributed by atoms with E-state index in [1.54, 1.807) is 0 Å². The molecule has 1 heterocycles. The Hall–Kier alpha value is -0.610. The zero-order valence-electron chi connectivity index (χ0n) is 15.7. The summed E-state index contributed by atoms with van der Waals surface area (Å²) in [5.41, 5.74) is 1.74. The SMILES string of the molecule is C[C@]12CC[C@H]3[C@@H](CC(=NO)[C@H]4CCCC[C@@]43C)[C@@H]1C1OCCOC1C2. The second-order valence-corrected chi connectivity index (χ2v) is 10.0. The monoisotopic (exact) mass is 347 g/mol. The van der Waals surface area contributed by atoms with Crippen molar-refractivity contribution in [2.45, 2.75) is 77.4 Å². The van der Waals surface area contributed by atoms with E-state index in [1.165, 1.54) is 38.5 Å². The molecule has 5 rings (SSSR count). The van der Waals surface area contributed by atoms with Gasteiger partial charge in [0.05, 0.1) is 31.1 Å². The number of nitrogens with zero attached hydrogens (tertiary/aromatic N) is 1. The van der Waals surface area contributed by atoms with Crippen LogP contribution in [0.25, 0.3) is 0 Å². The van der Waals surface area contributed by atoms with Gasteiger partial charge >= 0.3 is 0 Å². The summed E-state index contributed by atoms with van der Waals surface area (Å²) >= 11 is 0. The highest BCUT2D eigenvalue weighted by Crippen LogP contribution is 2.66. The minimum Gasteiger partial charge on any atom is -0.411 e. The van der Waals surface area contributed by atoms with Crippen molar-refractivity contribution in [3.05, 3.63) is 0 Å². The molecule has 0 aromatic rings. The van der Waals surface area contributed by atoms with Gasteiger partial charge in [-0.05, 0) is 67.1 Å². The lowest BCUT2D eigenvalue weighted by molar-refractivity contribution is -0.160. The molecule has 0 aromatic heterocycles. The van der Waals surface area contributed by atoms with Crippen LogP contribution in [-0.2, 0) is 9.47 Å². The van der Waals surface area contributed by atoms with Gasteiger partial charge in [0.25, 0.3) is 0 Å². The third kappa shape index (κ3) is 2.22. The summed E-state index contributed by atoms with van der Waals surface area (Å²) in [4.78, 5) is 0. The maximum absolute atomic E-state index is 9.80. The highest BCUT2D eigenvalue weighted by Gasteiger charge is 2.64. The minimum absolute atomic E-state index is 0.259. The molecule has 0 spiro atoms. The molecule has 0 amide bonds. The van der Waals surface area contributed by atoms with E-state index < -0.39 is 0 Å². The molecular formula is C21H33NO3. The average Bonchev–Trinajstić information content (AvgIpc) is 2.92. The first-order valence-electron chi connectivity index (χ1n) is 10.5. The summed E-state index contributed by atoms with van der Waals surface area (Å²) < 4.78 is 12.4. The summed E-state index contributed by atoms with van der Waals surface area (Å²) in [5, 5.41) is 13.7. The standard InChI is InChI=1S/C21H33NO3/c1-20-8-6-14-13(18(20)19-17(12-20)24-9-10-25-19)11-16(22-23)15-5-3-4-7-21(14,15)2/h13-15,17-19,23H,3-12H2,1-2H3/t13-,14+,15-,17?,18-,19?,20-,21-/m1/s1. The van der Waals surface area contributed by atoms with Crippen LogP contribution in [0.5, 0.6) is 0 Å². The van der Waals surface area contributed by atoms with Gasteiger partial charge in [-0.2, -0.15) is 0 Å². The fourth-order valence-electron chi connectivity index (χ4n) is 8.00. The van der Waals surface area contributed by atoms with Crippen LogP contribution in [-0.4, -0.2) is 36.3 Å². The molecule has 25 heavy (non-hydrogen) atoms. The molecule has 5 fully saturated rings. The Kier molecular flexibility index (Phi) is 3.77. The van der Waals surface area contributed by atoms with E-state index in [-0.39, 0.29) is 12.2 Å². The second-order valence-electron chi connectivity index (χ2n) is 10.0. The fourth-order valence-corrected chi connectivity index (χ4v) is 8.00. The van der Waals surface area contributed by atoms with Crippen LogP contribution in [0.4, 0.5) is 0 Å². The largest absolute Gasteiger partial charge is 0.411 e. The van der Waals surface area contributed by atoms with E-state index in [4.69, 9.17) is 9.47 Å². The molecule has 8 atom stereocenters. The van der Waals surface area contributed by atoms with E-state index in [0.29, 0.717) is 28.6 Å². The molecule has 4 aliphatic carbocycles. The predicted molar refractivity (Wildman–Crippen MR) is 95.8 cm³/mol.